The lowest BCUT2D eigenvalue weighted by Crippen LogP contribution is -2.31. The average Bonchev–Trinajstić information content (AvgIpc) is 2.42. The van der Waals surface area contributed by atoms with E-state index in [0.717, 1.165) is 17.5 Å². The molecule has 1 N–H and O–H groups in total. The summed E-state index contributed by atoms with van der Waals surface area (Å²) in [4.78, 5) is 13.5. The van der Waals surface area contributed by atoms with Crippen molar-refractivity contribution in [1.29, 1.82) is 0 Å². The van der Waals surface area contributed by atoms with E-state index in [1.165, 1.54) is 0 Å². The van der Waals surface area contributed by atoms with Crippen molar-refractivity contribution in [3.05, 3.63) is 39.0 Å². The third-order valence-corrected chi connectivity index (χ3v) is 5.37. The van der Waals surface area contributed by atoms with Crippen LogP contribution in [0, 0.1) is 10.8 Å². The number of Topliss-reactive ketones (excluding diaryl/α,β-unsaturated/α-hetero) is 1. The molecule has 0 aromatic heterocycles. The summed E-state index contributed by atoms with van der Waals surface area (Å²) in [5.41, 5.74) is 1.32. The highest BCUT2D eigenvalue weighted by molar-refractivity contribution is 14.1. The van der Waals surface area contributed by atoms with Crippen molar-refractivity contribution in [2.24, 2.45) is 10.8 Å². The lowest BCUT2D eigenvalue weighted by atomic mass is 9.70. The van der Waals surface area contributed by atoms with E-state index in [0.29, 0.717) is 11.3 Å². The number of benzene rings is 1. The van der Waals surface area contributed by atoms with Crippen molar-refractivity contribution in [3.8, 4) is 5.75 Å². The van der Waals surface area contributed by atoms with Gasteiger partial charge in [-0.15, -0.1) is 0 Å². The maximum atomic E-state index is 13.5. The maximum Gasteiger partial charge on any atom is 0.168 e. The molecule has 0 unspecified atom stereocenters. The van der Waals surface area contributed by atoms with Gasteiger partial charge in [0.15, 0.2) is 5.78 Å². The highest BCUT2D eigenvalue weighted by Gasteiger charge is 2.36. The van der Waals surface area contributed by atoms with Gasteiger partial charge < -0.3 is 5.11 Å². The minimum atomic E-state index is -0.499. The number of carbonyl (C=O) groups excluding carboxylic acids is 1. The van der Waals surface area contributed by atoms with Crippen molar-refractivity contribution in [2.45, 2.75) is 86.5 Å². The van der Waals surface area contributed by atoms with Crippen LogP contribution in [0.15, 0.2) is 22.3 Å². The number of phenols is 1. The van der Waals surface area contributed by atoms with E-state index in [1.54, 1.807) is 0 Å². The summed E-state index contributed by atoms with van der Waals surface area (Å²) in [6.07, 6.45) is 2.91. The van der Waals surface area contributed by atoms with Crippen LogP contribution in [0.4, 0.5) is 0 Å². The highest BCUT2D eigenvalue weighted by Crippen LogP contribution is 2.42. The summed E-state index contributed by atoms with van der Waals surface area (Å²) < 4.78 is 2.02. The molecule has 2 nitrogen and oxygen atoms in total. The lowest BCUT2D eigenvalue weighted by molar-refractivity contribution is 0.0784. The van der Waals surface area contributed by atoms with Gasteiger partial charge in [0.25, 0.3) is 0 Å². The Morgan fingerprint density at radius 1 is 0.926 bits per heavy atom. The molecule has 0 bridgehead atoms. The predicted octanol–water partition coefficient (Wildman–Crippen LogP) is 7.56. The molecule has 0 aliphatic rings. The number of phenolic OH excluding ortho intramolecular Hbond substituents is 1. The molecule has 0 heterocycles. The highest BCUT2D eigenvalue weighted by atomic mass is 127. The Bertz CT molecular complexity index is 691. The molecular formula is C24H37IO2. The smallest absolute Gasteiger partial charge is 0.168 e. The number of ketones is 1. The van der Waals surface area contributed by atoms with Crippen molar-refractivity contribution in [1.82, 2.24) is 0 Å². The third kappa shape index (κ3) is 6.07. The number of carbonyl (C=O) groups is 1. The Kier molecular flexibility index (Phi) is 7.07. The molecular weight excluding hydrogens is 447 g/mol. The predicted molar refractivity (Wildman–Crippen MR) is 125 cm³/mol. The van der Waals surface area contributed by atoms with E-state index >= 15 is 0 Å². The number of aromatic hydroxyl groups is 1. The average molecular weight is 484 g/mol. The van der Waals surface area contributed by atoms with Gasteiger partial charge in [-0.25, -0.2) is 0 Å². The molecule has 0 atom stereocenters. The second-order valence-electron chi connectivity index (χ2n) is 11.1. The summed E-state index contributed by atoms with van der Waals surface area (Å²) in [7, 11) is 0. The Hall–Kier alpha value is -0.840. The number of hydrogen-bond acceptors (Lipinski definition) is 2. The standard InChI is InChI=1S/C24H37IO2/c1-21(2,3)17-13-16(14-18(19(17)26)22(4,5)6)20(27)24(9,10)15-23(7,8)11-12-25/h11-14,26H,15H2,1-10H3/b12-11+. The third-order valence-electron chi connectivity index (χ3n) is 5.01. The number of halogens is 1. The molecule has 1 rings (SSSR count). The zero-order chi connectivity index (χ0) is 21.4. The van der Waals surface area contributed by atoms with Gasteiger partial charge in [-0.2, -0.15) is 0 Å². The first-order chi connectivity index (χ1) is 11.9. The van der Waals surface area contributed by atoms with E-state index in [2.05, 4.69) is 84.1 Å². The fraction of sp³-hybridized carbons (Fsp3) is 0.625. The Morgan fingerprint density at radius 2 is 1.33 bits per heavy atom. The summed E-state index contributed by atoms with van der Waals surface area (Å²) in [6, 6.07) is 3.80. The van der Waals surface area contributed by atoms with Crippen molar-refractivity contribution in [2.75, 3.05) is 0 Å². The van der Waals surface area contributed by atoms with E-state index in [9.17, 15) is 9.90 Å². The maximum absolute atomic E-state index is 13.5. The first-order valence-corrected chi connectivity index (χ1v) is 10.9. The Labute approximate surface area is 180 Å². The molecule has 152 valence electrons. The first kappa shape index (κ1) is 24.2. The first-order valence-electron chi connectivity index (χ1n) is 9.63. The van der Waals surface area contributed by atoms with E-state index in [-0.39, 0.29) is 22.0 Å². The molecule has 0 aliphatic heterocycles. The van der Waals surface area contributed by atoms with Crippen LogP contribution in [0.1, 0.15) is 97.1 Å². The molecule has 0 saturated heterocycles. The number of hydrogen-bond donors (Lipinski definition) is 1. The molecule has 1 aromatic carbocycles. The van der Waals surface area contributed by atoms with Crippen LogP contribution in [0.5, 0.6) is 5.75 Å². The molecule has 0 saturated carbocycles. The van der Waals surface area contributed by atoms with Gasteiger partial charge in [0, 0.05) is 22.1 Å². The van der Waals surface area contributed by atoms with Crippen molar-refractivity contribution < 1.29 is 9.90 Å². The van der Waals surface area contributed by atoms with Crippen LogP contribution < -0.4 is 0 Å². The molecule has 3 heteroatoms. The molecule has 27 heavy (non-hydrogen) atoms. The minimum Gasteiger partial charge on any atom is -0.507 e. The van der Waals surface area contributed by atoms with Gasteiger partial charge in [0.05, 0.1) is 0 Å². The Morgan fingerprint density at radius 3 is 1.67 bits per heavy atom. The van der Waals surface area contributed by atoms with Crippen molar-refractivity contribution >= 4 is 28.4 Å². The lowest BCUT2D eigenvalue weighted by Gasteiger charge is -2.33. The molecule has 0 radical (unpaired) electrons. The van der Waals surface area contributed by atoms with Crippen LogP contribution in [0.3, 0.4) is 0 Å². The molecule has 0 spiro atoms. The summed E-state index contributed by atoms with van der Waals surface area (Å²) in [5, 5.41) is 10.9. The van der Waals surface area contributed by atoms with Crippen LogP contribution in [0.25, 0.3) is 0 Å². The van der Waals surface area contributed by atoms with Crippen LogP contribution in [-0.4, -0.2) is 10.9 Å². The van der Waals surface area contributed by atoms with Crippen molar-refractivity contribution in [3.63, 3.8) is 0 Å². The SMILES string of the molecule is CC(C)(/C=C/I)CC(C)(C)C(=O)c1cc(C(C)(C)C)c(O)c(C(C)(C)C)c1. The second kappa shape index (κ2) is 7.88. The van der Waals surface area contributed by atoms with E-state index in [4.69, 9.17) is 0 Å². The van der Waals surface area contributed by atoms with Crippen LogP contribution >= 0.6 is 22.6 Å². The summed E-state index contributed by atoms with van der Waals surface area (Å²) in [5.74, 6) is 0.450. The zero-order valence-corrected chi connectivity index (χ0v) is 20.9. The fourth-order valence-corrected chi connectivity index (χ4v) is 4.72. The quantitative estimate of drug-likeness (QED) is 0.346. The largest absolute Gasteiger partial charge is 0.507 e. The van der Waals surface area contributed by atoms with Crippen LogP contribution in [-0.2, 0) is 10.8 Å². The summed E-state index contributed by atoms with van der Waals surface area (Å²) in [6.45, 7) is 20.8. The molecule has 0 aliphatic carbocycles. The van der Waals surface area contributed by atoms with E-state index < -0.39 is 5.41 Å². The normalized spacial score (nSPS) is 14.0. The molecule has 0 fully saturated rings. The van der Waals surface area contributed by atoms with Gasteiger partial charge in [-0.05, 0) is 38.9 Å². The van der Waals surface area contributed by atoms with Gasteiger partial charge in [-0.3, -0.25) is 4.79 Å². The number of allylic oxidation sites excluding steroid dienone is 1. The van der Waals surface area contributed by atoms with Gasteiger partial charge in [0.2, 0.25) is 0 Å². The fourth-order valence-electron chi connectivity index (χ4n) is 3.75. The zero-order valence-electron chi connectivity index (χ0n) is 18.7. The molecule has 1 aromatic rings. The van der Waals surface area contributed by atoms with E-state index in [1.807, 2.05) is 30.1 Å². The molecule has 0 amide bonds. The van der Waals surface area contributed by atoms with Gasteiger partial charge >= 0.3 is 0 Å². The Balaban J connectivity index is 3.55. The monoisotopic (exact) mass is 484 g/mol. The second-order valence-corrected chi connectivity index (χ2v) is 11.8. The topological polar surface area (TPSA) is 37.3 Å². The van der Waals surface area contributed by atoms with Gasteiger partial charge in [-0.1, -0.05) is 97.9 Å². The van der Waals surface area contributed by atoms with Crippen LogP contribution in [0.2, 0.25) is 0 Å². The minimum absolute atomic E-state index is 0.0585. The van der Waals surface area contributed by atoms with Gasteiger partial charge in [0.1, 0.15) is 5.75 Å². The summed E-state index contributed by atoms with van der Waals surface area (Å²) >= 11 is 2.23. The number of rotatable bonds is 5.